The van der Waals surface area contributed by atoms with Crippen molar-refractivity contribution in [2.45, 2.75) is 32.2 Å². The first-order valence-corrected chi connectivity index (χ1v) is 10.9. The zero-order valence-corrected chi connectivity index (χ0v) is 17.5. The molecule has 0 unspecified atom stereocenters. The predicted octanol–water partition coefficient (Wildman–Crippen LogP) is 3.60. The molecule has 0 bridgehead atoms. The highest BCUT2D eigenvalue weighted by Gasteiger charge is 2.15. The standard InChI is InChI=1S/C17H18N4O3S3/c1-4-24-13(23)5-11-6-26-17(20-11)21-12(22)7-25-15-14-9(2)10(3)27-16(14)19-8-18-15/h6,8H,4-5,7H2,1-3H3,(H,20,21,22). The maximum Gasteiger partial charge on any atom is 0.311 e. The summed E-state index contributed by atoms with van der Waals surface area (Å²) in [5.41, 5.74) is 1.74. The van der Waals surface area contributed by atoms with Crippen LogP contribution >= 0.6 is 34.4 Å². The highest BCUT2D eigenvalue weighted by atomic mass is 32.2. The second-order valence-corrected chi connectivity index (χ2v) is 8.63. The SMILES string of the molecule is CCOC(=O)Cc1csc(NC(=O)CSc2ncnc3sc(C)c(C)c23)n1. The number of aryl methyl sites for hydroxylation is 2. The van der Waals surface area contributed by atoms with Gasteiger partial charge in [-0.3, -0.25) is 9.59 Å². The van der Waals surface area contributed by atoms with Gasteiger partial charge in [-0.1, -0.05) is 11.8 Å². The van der Waals surface area contributed by atoms with Crippen LogP contribution in [0.1, 0.15) is 23.1 Å². The molecule has 3 aromatic heterocycles. The zero-order valence-electron chi connectivity index (χ0n) is 15.1. The number of anilines is 1. The van der Waals surface area contributed by atoms with Gasteiger partial charge in [0.05, 0.1) is 24.5 Å². The van der Waals surface area contributed by atoms with E-state index in [1.807, 2.05) is 6.92 Å². The van der Waals surface area contributed by atoms with Gasteiger partial charge in [0.15, 0.2) is 5.13 Å². The van der Waals surface area contributed by atoms with Crippen molar-refractivity contribution in [3.63, 3.8) is 0 Å². The van der Waals surface area contributed by atoms with Crippen molar-refractivity contribution < 1.29 is 14.3 Å². The minimum Gasteiger partial charge on any atom is -0.466 e. The Balaban J connectivity index is 1.59. The lowest BCUT2D eigenvalue weighted by atomic mass is 10.2. The van der Waals surface area contributed by atoms with E-state index in [0.717, 1.165) is 20.8 Å². The number of aromatic nitrogens is 3. The molecular formula is C17H18N4O3S3. The molecule has 142 valence electrons. The van der Waals surface area contributed by atoms with E-state index in [1.54, 1.807) is 23.6 Å². The number of carbonyl (C=O) groups excluding carboxylic acids is 2. The van der Waals surface area contributed by atoms with Crippen molar-refractivity contribution in [2.75, 3.05) is 17.7 Å². The second-order valence-electron chi connectivity index (χ2n) is 5.60. The Morgan fingerprint density at radius 1 is 1.30 bits per heavy atom. The molecule has 3 heterocycles. The maximum absolute atomic E-state index is 12.2. The van der Waals surface area contributed by atoms with E-state index in [4.69, 9.17) is 4.74 Å². The van der Waals surface area contributed by atoms with Crippen molar-refractivity contribution in [3.05, 3.63) is 27.8 Å². The summed E-state index contributed by atoms with van der Waals surface area (Å²) in [7, 11) is 0. The van der Waals surface area contributed by atoms with Crippen molar-refractivity contribution >= 4 is 61.7 Å². The Morgan fingerprint density at radius 2 is 2.11 bits per heavy atom. The van der Waals surface area contributed by atoms with Crippen molar-refractivity contribution in [1.82, 2.24) is 15.0 Å². The molecule has 0 saturated carbocycles. The zero-order chi connectivity index (χ0) is 19.4. The van der Waals surface area contributed by atoms with Crippen LogP contribution in [0.3, 0.4) is 0 Å². The third-order valence-corrected chi connectivity index (χ3v) is 6.61. The lowest BCUT2D eigenvalue weighted by Crippen LogP contribution is -2.14. The smallest absolute Gasteiger partial charge is 0.311 e. The number of ether oxygens (including phenoxy) is 1. The van der Waals surface area contributed by atoms with Crippen LogP contribution in [0.5, 0.6) is 0 Å². The lowest BCUT2D eigenvalue weighted by molar-refractivity contribution is -0.142. The molecule has 0 aromatic carbocycles. The highest BCUT2D eigenvalue weighted by Crippen LogP contribution is 2.34. The summed E-state index contributed by atoms with van der Waals surface area (Å²) in [5.74, 6) is -0.286. The first-order valence-electron chi connectivity index (χ1n) is 8.21. The molecule has 3 rings (SSSR count). The second kappa shape index (κ2) is 8.77. The molecule has 27 heavy (non-hydrogen) atoms. The van der Waals surface area contributed by atoms with Crippen LogP contribution in [-0.4, -0.2) is 39.2 Å². The Bertz CT molecular complexity index is 983. The number of esters is 1. The molecule has 0 radical (unpaired) electrons. The van der Waals surface area contributed by atoms with Gasteiger partial charge in [0.25, 0.3) is 0 Å². The van der Waals surface area contributed by atoms with E-state index < -0.39 is 0 Å². The molecule has 0 saturated heterocycles. The fourth-order valence-corrected chi connectivity index (χ4v) is 5.00. The lowest BCUT2D eigenvalue weighted by Gasteiger charge is -2.03. The quantitative estimate of drug-likeness (QED) is 0.353. The van der Waals surface area contributed by atoms with Gasteiger partial charge in [-0.2, -0.15) is 0 Å². The van der Waals surface area contributed by atoms with Crippen LogP contribution in [0.4, 0.5) is 5.13 Å². The summed E-state index contributed by atoms with van der Waals surface area (Å²) < 4.78 is 4.89. The molecule has 1 amide bonds. The van der Waals surface area contributed by atoms with Gasteiger partial charge in [-0.25, -0.2) is 15.0 Å². The minimum absolute atomic E-state index is 0.102. The van der Waals surface area contributed by atoms with Crippen molar-refractivity contribution in [1.29, 1.82) is 0 Å². The van der Waals surface area contributed by atoms with Crippen molar-refractivity contribution in [2.24, 2.45) is 0 Å². The summed E-state index contributed by atoms with van der Waals surface area (Å²) in [6.45, 7) is 6.19. The van der Waals surface area contributed by atoms with Crippen LogP contribution in [0.2, 0.25) is 0 Å². The van der Waals surface area contributed by atoms with Gasteiger partial charge < -0.3 is 10.1 Å². The number of hydrogen-bond acceptors (Lipinski definition) is 9. The van der Waals surface area contributed by atoms with Crippen LogP contribution in [0, 0.1) is 13.8 Å². The third kappa shape index (κ3) is 4.82. The predicted molar refractivity (Wildman–Crippen MR) is 109 cm³/mol. The fraction of sp³-hybridized carbons (Fsp3) is 0.353. The monoisotopic (exact) mass is 422 g/mol. The van der Waals surface area contributed by atoms with Gasteiger partial charge in [0, 0.05) is 15.6 Å². The number of hydrogen-bond donors (Lipinski definition) is 1. The number of thiophene rings is 1. The number of carbonyl (C=O) groups is 2. The summed E-state index contributed by atoms with van der Waals surface area (Å²) in [6, 6.07) is 0. The molecule has 0 spiro atoms. The first kappa shape index (κ1) is 19.7. The number of fused-ring (bicyclic) bond motifs is 1. The molecule has 0 fully saturated rings. The minimum atomic E-state index is -0.328. The van der Waals surface area contributed by atoms with Crippen LogP contribution in [0.25, 0.3) is 10.2 Å². The highest BCUT2D eigenvalue weighted by molar-refractivity contribution is 8.00. The molecule has 10 heteroatoms. The van der Waals surface area contributed by atoms with E-state index in [1.165, 1.54) is 34.3 Å². The van der Waals surface area contributed by atoms with Crippen LogP contribution in [0.15, 0.2) is 16.7 Å². The molecular weight excluding hydrogens is 404 g/mol. The van der Waals surface area contributed by atoms with E-state index in [9.17, 15) is 9.59 Å². The Hall–Kier alpha value is -2.04. The number of nitrogens with zero attached hydrogens (tertiary/aromatic N) is 3. The van der Waals surface area contributed by atoms with Gasteiger partial charge in [-0.05, 0) is 26.3 Å². The normalized spacial score (nSPS) is 10.9. The molecule has 0 aliphatic heterocycles. The Labute approximate surface area is 168 Å². The summed E-state index contributed by atoms with van der Waals surface area (Å²) in [5, 5.41) is 6.79. The fourth-order valence-electron chi connectivity index (χ4n) is 2.35. The van der Waals surface area contributed by atoms with Gasteiger partial charge in [0.1, 0.15) is 16.2 Å². The summed E-state index contributed by atoms with van der Waals surface area (Å²) in [6.07, 6.45) is 1.63. The number of rotatable bonds is 7. The topological polar surface area (TPSA) is 94.1 Å². The number of amides is 1. The van der Waals surface area contributed by atoms with Crippen LogP contribution < -0.4 is 5.32 Å². The summed E-state index contributed by atoms with van der Waals surface area (Å²) in [4.78, 5) is 38.7. The summed E-state index contributed by atoms with van der Waals surface area (Å²) >= 11 is 4.29. The number of thioether (sulfide) groups is 1. The van der Waals surface area contributed by atoms with Gasteiger partial charge in [-0.15, -0.1) is 22.7 Å². The van der Waals surface area contributed by atoms with Gasteiger partial charge in [0.2, 0.25) is 5.91 Å². The average Bonchev–Trinajstić information content (AvgIpc) is 3.17. The molecule has 7 nitrogen and oxygen atoms in total. The van der Waals surface area contributed by atoms with Gasteiger partial charge >= 0.3 is 5.97 Å². The average molecular weight is 423 g/mol. The molecule has 1 N–H and O–H groups in total. The van der Waals surface area contributed by atoms with E-state index in [2.05, 4.69) is 27.2 Å². The van der Waals surface area contributed by atoms with Crippen LogP contribution in [-0.2, 0) is 20.7 Å². The number of nitrogens with one attached hydrogen (secondary N) is 1. The first-order chi connectivity index (χ1) is 13.0. The van der Waals surface area contributed by atoms with E-state index in [0.29, 0.717) is 17.4 Å². The molecule has 0 aliphatic carbocycles. The largest absolute Gasteiger partial charge is 0.466 e. The Kier molecular flexibility index (Phi) is 6.40. The molecule has 3 aromatic rings. The number of thiazole rings is 1. The van der Waals surface area contributed by atoms with E-state index >= 15 is 0 Å². The third-order valence-electron chi connectivity index (χ3n) is 3.70. The maximum atomic E-state index is 12.2. The van der Waals surface area contributed by atoms with Crippen molar-refractivity contribution in [3.8, 4) is 0 Å². The Morgan fingerprint density at radius 3 is 2.89 bits per heavy atom. The molecule has 0 atom stereocenters. The molecule has 0 aliphatic rings. The van der Waals surface area contributed by atoms with E-state index in [-0.39, 0.29) is 24.1 Å².